The van der Waals surface area contributed by atoms with Gasteiger partial charge in [-0.3, -0.25) is 4.79 Å². The van der Waals surface area contributed by atoms with E-state index in [0.29, 0.717) is 11.7 Å². The quantitative estimate of drug-likeness (QED) is 0.693. The molecule has 0 N–H and O–H groups in total. The van der Waals surface area contributed by atoms with Crippen molar-refractivity contribution in [1.82, 2.24) is 0 Å². The first-order chi connectivity index (χ1) is 9.83. The molecule has 0 spiro atoms. The number of hydrogen-bond acceptors (Lipinski definition) is 1. The van der Waals surface area contributed by atoms with Crippen LogP contribution < -0.4 is 0 Å². The minimum Gasteiger partial charge on any atom is -0.295 e. The SMILES string of the molecule is O=C(/C=C/c1ccc(C2CCCCC2)cc1)C1CCC1. The van der Waals surface area contributed by atoms with E-state index in [4.69, 9.17) is 0 Å². The molecular formula is C19H24O. The third kappa shape index (κ3) is 3.20. The van der Waals surface area contributed by atoms with E-state index in [1.54, 1.807) is 6.08 Å². The molecule has 1 nitrogen and oxygen atoms in total. The van der Waals surface area contributed by atoms with Crippen LogP contribution in [0.25, 0.3) is 6.08 Å². The molecule has 0 aromatic heterocycles. The summed E-state index contributed by atoms with van der Waals surface area (Å²) < 4.78 is 0. The number of benzene rings is 1. The molecule has 0 unspecified atom stereocenters. The molecule has 0 aliphatic heterocycles. The third-order valence-electron chi connectivity index (χ3n) is 4.96. The van der Waals surface area contributed by atoms with Gasteiger partial charge in [-0.1, -0.05) is 56.0 Å². The molecule has 2 saturated carbocycles. The molecule has 1 heteroatoms. The van der Waals surface area contributed by atoms with Gasteiger partial charge in [0.05, 0.1) is 0 Å². The Morgan fingerprint density at radius 3 is 2.20 bits per heavy atom. The van der Waals surface area contributed by atoms with Crippen LogP contribution in [0.3, 0.4) is 0 Å². The van der Waals surface area contributed by atoms with E-state index in [9.17, 15) is 4.79 Å². The molecule has 0 saturated heterocycles. The molecule has 2 aliphatic carbocycles. The van der Waals surface area contributed by atoms with Crippen LogP contribution in [0.2, 0.25) is 0 Å². The molecular weight excluding hydrogens is 244 g/mol. The van der Waals surface area contributed by atoms with Gasteiger partial charge in [-0.25, -0.2) is 0 Å². The number of carbonyl (C=O) groups is 1. The summed E-state index contributed by atoms with van der Waals surface area (Å²) in [4.78, 5) is 11.8. The summed E-state index contributed by atoms with van der Waals surface area (Å²) in [6, 6.07) is 8.83. The van der Waals surface area contributed by atoms with Gasteiger partial charge in [-0.2, -0.15) is 0 Å². The molecule has 0 bridgehead atoms. The molecule has 2 aliphatic rings. The molecule has 0 radical (unpaired) electrons. The number of hydrogen-bond donors (Lipinski definition) is 0. The van der Waals surface area contributed by atoms with Crippen molar-refractivity contribution >= 4 is 11.9 Å². The monoisotopic (exact) mass is 268 g/mol. The summed E-state index contributed by atoms with van der Waals surface area (Å²) in [6.45, 7) is 0. The van der Waals surface area contributed by atoms with E-state index in [2.05, 4.69) is 24.3 Å². The first-order valence-electron chi connectivity index (χ1n) is 8.15. The van der Waals surface area contributed by atoms with Crippen LogP contribution in [0.5, 0.6) is 0 Å². The summed E-state index contributed by atoms with van der Waals surface area (Å²) in [5.74, 6) is 1.39. The van der Waals surface area contributed by atoms with Crippen molar-refractivity contribution in [3.8, 4) is 0 Å². The van der Waals surface area contributed by atoms with Gasteiger partial charge in [0.25, 0.3) is 0 Å². The van der Waals surface area contributed by atoms with Crippen molar-refractivity contribution in [2.75, 3.05) is 0 Å². The number of ketones is 1. The topological polar surface area (TPSA) is 17.1 Å². The summed E-state index contributed by atoms with van der Waals surface area (Å²) in [5.41, 5.74) is 2.63. The Bertz CT molecular complexity index is 473. The van der Waals surface area contributed by atoms with Crippen molar-refractivity contribution in [2.45, 2.75) is 57.3 Å². The molecule has 3 rings (SSSR count). The molecule has 0 heterocycles. The second-order valence-corrected chi connectivity index (χ2v) is 6.37. The minimum absolute atomic E-state index is 0.313. The summed E-state index contributed by atoms with van der Waals surface area (Å²) in [6.07, 6.45) is 14.0. The second kappa shape index (κ2) is 6.39. The van der Waals surface area contributed by atoms with Gasteiger partial charge in [-0.15, -0.1) is 0 Å². The Kier molecular flexibility index (Phi) is 4.34. The largest absolute Gasteiger partial charge is 0.295 e. The fraction of sp³-hybridized carbons (Fsp3) is 0.526. The van der Waals surface area contributed by atoms with Crippen LogP contribution in [0.15, 0.2) is 30.3 Å². The van der Waals surface area contributed by atoms with Crippen LogP contribution in [0.1, 0.15) is 68.4 Å². The standard InChI is InChI=1S/C19H24O/c20-19(18-7-4-8-18)14-11-15-9-12-17(13-10-15)16-5-2-1-3-6-16/h9-14,16,18H,1-8H2/b14-11+. The number of rotatable bonds is 4. The van der Waals surface area contributed by atoms with Gasteiger partial charge >= 0.3 is 0 Å². The lowest BCUT2D eigenvalue weighted by Crippen LogP contribution is -2.19. The van der Waals surface area contributed by atoms with Gasteiger partial charge in [0.2, 0.25) is 0 Å². The van der Waals surface area contributed by atoms with Crippen molar-refractivity contribution < 1.29 is 4.79 Å². The molecule has 20 heavy (non-hydrogen) atoms. The molecule has 1 aromatic rings. The van der Waals surface area contributed by atoms with Gasteiger partial charge in [0.1, 0.15) is 0 Å². The van der Waals surface area contributed by atoms with E-state index in [0.717, 1.165) is 24.3 Å². The normalized spacial score (nSPS) is 21.0. The predicted molar refractivity (Wildman–Crippen MR) is 83.7 cm³/mol. The first kappa shape index (κ1) is 13.6. The van der Waals surface area contributed by atoms with Gasteiger partial charge in [0, 0.05) is 5.92 Å². The van der Waals surface area contributed by atoms with Crippen molar-refractivity contribution in [3.63, 3.8) is 0 Å². The lowest BCUT2D eigenvalue weighted by molar-refractivity contribution is -0.120. The lowest BCUT2D eigenvalue weighted by atomic mass is 9.82. The van der Waals surface area contributed by atoms with Crippen molar-refractivity contribution in [1.29, 1.82) is 0 Å². The van der Waals surface area contributed by atoms with Gasteiger partial charge in [-0.05, 0) is 48.8 Å². The highest BCUT2D eigenvalue weighted by molar-refractivity contribution is 5.95. The van der Waals surface area contributed by atoms with Gasteiger partial charge < -0.3 is 0 Å². The number of carbonyl (C=O) groups excluding carboxylic acids is 1. The maximum atomic E-state index is 11.8. The minimum atomic E-state index is 0.313. The second-order valence-electron chi connectivity index (χ2n) is 6.37. The first-order valence-corrected chi connectivity index (χ1v) is 8.15. The van der Waals surface area contributed by atoms with Crippen LogP contribution in [-0.4, -0.2) is 5.78 Å². The molecule has 0 atom stereocenters. The maximum Gasteiger partial charge on any atom is 0.158 e. The number of allylic oxidation sites excluding steroid dienone is 1. The Morgan fingerprint density at radius 2 is 1.60 bits per heavy atom. The van der Waals surface area contributed by atoms with E-state index < -0.39 is 0 Å². The van der Waals surface area contributed by atoms with Crippen LogP contribution in [0, 0.1) is 5.92 Å². The highest BCUT2D eigenvalue weighted by Crippen LogP contribution is 2.32. The highest BCUT2D eigenvalue weighted by Gasteiger charge is 2.22. The Balaban J connectivity index is 1.60. The Hall–Kier alpha value is -1.37. The smallest absolute Gasteiger partial charge is 0.158 e. The van der Waals surface area contributed by atoms with Crippen LogP contribution >= 0.6 is 0 Å². The van der Waals surface area contributed by atoms with Crippen LogP contribution in [0.4, 0.5) is 0 Å². The fourth-order valence-electron chi connectivity index (χ4n) is 3.32. The Labute approximate surface area is 122 Å². The molecule has 1 aromatic carbocycles. The lowest BCUT2D eigenvalue weighted by Gasteiger charge is -2.22. The van der Waals surface area contributed by atoms with E-state index in [1.165, 1.54) is 44.1 Å². The molecule has 106 valence electrons. The molecule has 0 amide bonds. The Morgan fingerprint density at radius 1 is 0.900 bits per heavy atom. The van der Waals surface area contributed by atoms with E-state index >= 15 is 0 Å². The van der Waals surface area contributed by atoms with E-state index in [1.807, 2.05) is 6.08 Å². The summed E-state index contributed by atoms with van der Waals surface area (Å²) in [7, 11) is 0. The zero-order valence-electron chi connectivity index (χ0n) is 12.2. The average Bonchev–Trinajstić information content (AvgIpc) is 2.45. The van der Waals surface area contributed by atoms with E-state index in [-0.39, 0.29) is 0 Å². The maximum absolute atomic E-state index is 11.8. The van der Waals surface area contributed by atoms with Crippen LogP contribution in [-0.2, 0) is 4.79 Å². The summed E-state index contributed by atoms with van der Waals surface area (Å²) in [5, 5.41) is 0. The van der Waals surface area contributed by atoms with Gasteiger partial charge in [0.15, 0.2) is 5.78 Å². The highest BCUT2D eigenvalue weighted by atomic mass is 16.1. The average molecular weight is 268 g/mol. The zero-order valence-corrected chi connectivity index (χ0v) is 12.2. The summed E-state index contributed by atoms with van der Waals surface area (Å²) >= 11 is 0. The third-order valence-corrected chi connectivity index (χ3v) is 4.96. The fourth-order valence-corrected chi connectivity index (χ4v) is 3.32. The molecule has 2 fully saturated rings. The predicted octanol–water partition coefficient (Wildman–Crippen LogP) is 5.12. The van der Waals surface area contributed by atoms with Crippen molar-refractivity contribution in [3.05, 3.63) is 41.5 Å². The zero-order chi connectivity index (χ0) is 13.8. The van der Waals surface area contributed by atoms with Crippen molar-refractivity contribution in [2.24, 2.45) is 5.92 Å².